The van der Waals surface area contributed by atoms with Gasteiger partial charge in [0.1, 0.15) is 13.2 Å². The van der Waals surface area contributed by atoms with Crippen molar-refractivity contribution in [1.29, 1.82) is 0 Å². The number of ether oxygens (including phenoxy) is 2. The first kappa shape index (κ1) is 21.6. The van der Waals surface area contributed by atoms with Crippen molar-refractivity contribution >= 4 is 27.3 Å². The summed E-state index contributed by atoms with van der Waals surface area (Å²) in [5.74, 6) is -1.73. The molecule has 4 rings (SSSR count). The molecule has 0 bridgehead atoms. The summed E-state index contributed by atoms with van der Waals surface area (Å²) in [7, 11) is -2.48. The van der Waals surface area contributed by atoms with Gasteiger partial charge in [-0.15, -0.1) is 0 Å². The molecule has 0 unspecified atom stereocenters. The van der Waals surface area contributed by atoms with Crippen LogP contribution in [0.5, 0.6) is 11.5 Å². The molecule has 1 N–H and O–H groups in total. The van der Waals surface area contributed by atoms with Crippen LogP contribution in [0.25, 0.3) is 0 Å². The van der Waals surface area contributed by atoms with Gasteiger partial charge in [0.05, 0.1) is 4.90 Å². The summed E-state index contributed by atoms with van der Waals surface area (Å²) in [6.07, 6.45) is 0. The van der Waals surface area contributed by atoms with Crippen molar-refractivity contribution in [3.8, 4) is 11.5 Å². The lowest BCUT2D eigenvalue weighted by molar-refractivity contribution is 0.0993. The van der Waals surface area contributed by atoms with Crippen molar-refractivity contribution in [2.75, 3.05) is 29.9 Å². The van der Waals surface area contributed by atoms with Crippen LogP contribution in [-0.4, -0.2) is 34.6 Å². The van der Waals surface area contributed by atoms with Gasteiger partial charge in [-0.05, 0) is 48.5 Å². The molecule has 32 heavy (non-hydrogen) atoms. The molecule has 7 nitrogen and oxygen atoms in total. The number of carbonyl (C=O) groups is 1. The van der Waals surface area contributed by atoms with Crippen LogP contribution in [0.2, 0.25) is 0 Å². The smallest absolute Gasteiger partial charge is 0.262 e. The fourth-order valence-electron chi connectivity index (χ4n) is 3.09. The highest BCUT2D eigenvalue weighted by Gasteiger charge is 2.20. The summed E-state index contributed by atoms with van der Waals surface area (Å²) in [4.78, 5) is 13.8. The minimum atomic E-state index is -3.91. The molecule has 1 aliphatic rings. The Bertz CT molecular complexity index is 1280. The highest BCUT2D eigenvalue weighted by Crippen LogP contribution is 2.32. The molecule has 0 radical (unpaired) electrons. The predicted octanol–water partition coefficient (Wildman–Crippen LogP) is 3.81. The maximum Gasteiger partial charge on any atom is 0.262 e. The number of nitrogens with zero attached hydrogens (tertiary/aromatic N) is 1. The monoisotopic (exact) mass is 460 g/mol. The second-order valence-corrected chi connectivity index (χ2v) is 8.63. The first-order valence-electron chi connectivity index (χ1n) is 9.50. The number of hydrogen-bond acceptors (Lipinski definition) is 5. The van der Waals surface area contributed by atoms with Gasteiger partial charge in [0.15, 0.2) is 23.1 Å². The molecule has 0 aromatic heterocycles. The number of anilines is 2. The third-order valence-corrected chi connectivity index (χ3v) is 6.18. The SMILES string of the molecule is CN(C(=O)c1ccc(NS(=O)(=O)c2ccc3c(c2)OCCO3)cc1)c1ccc(F)c(F)c1. The van der Waals surface area contributed by atoms with Crippen LogP contribution in [0.4, 0.5) is 20.2 Å². The van der Waals surface area contributed by atoms with E-state index < -0.39 is 27.6 Å². The van der Waals surface area contributed by atoms with Gasteiger partial charge in [0, 0.05) is 36.1 Å². The normalized spacial score (nSPS) is 12.8. The minimum Gasteiger partial charge on any atom is -0.486 e. The second kappa shape index (κ2) is 8.46. The van der Waals surface area contributed by atoms with Crippen LogP contribution >= 0.6 is 0 Å². The van der Waals surface area contributed by atoms with Crippen molar-refractivity contribution in [3.63, 3.8) is 0 Å². The van der Waals surface area contributed by atoms with Crippen molar-refractivity contribution in [1.82, 2.24) is 0 Å². The van der Waals surface area contributed by atoms with E-state index in [0.29, 0.717) is 24.7 Å². The first-order valence-corrected chi connectivity index (χ1v) is 11.0. The van der Waals surface area contributed by atoms with E-state index in [1.54, 1.807) is 0 Å². The molecule has 3 aromatic rings. The maximum atomic E-state index is 13.5. The quantitative estimate of drug-likeness (QED) is 0.626. The van der Waals surface area contributed by atoms with Crippen molar-refractivity contribution < 1.29 is 31.5 Å². The Balaban J connectivity index is 1.49. The highest BCUT2D eigenvalue weighted by molar-refractivity contribution is 7.92. The first-order chi connectivity index (χ1) is 15.2. The standard InChI is InChI=1S/C22H18F2N2O5S/c1-26(16-6-8-18(23)19(24)12-16)22(27)14-2-4-15(5-3-14)25-32(28,29)17-7-9-20-21(13-17)31-11-10-30-20/h2-9,12-13,25H,10-11H2,1H3. The summed E-state index contributed by atoms with van der Waals surface area (Å²) < 4.78 is 65.3. The van der Waals surface area contributed by atoms with E-state index in [2.05, 4.69) is 4.72 Å². The van der Waals surface area contributed by atoms with Gasteiger partial charge >= 0.3 is 0 Å². The molecule has 0 saturated heterocycles. The van der Waals surface area contributed by atoms with Gasteiger partial charge in [-0.1, -0.05) is 0 Å². The number of benzene rings is 3. The largest absolute Gasteiger partial charge is 0.486 e. The number of fused-ring (bicyclic) bond motifs is 1. The summed E-state index contributed by atoms with van der Waals surface area (Å²) in [5, 5.41) is 0. The van der Waals surface area contributed by atoms with Gasteiger partial charge in [0.2, 0.25) is 0 Å². The van der Waals surface area contributed by atoms with E-state index >= 15 is 0 Å². The number of halogens is 2. The second-order valence-electron chi connectivity index (χ2n) is 6.95. The lowest BCUT2D eigenvalue weighted by atomic mass is 10.1. The average molecular weight is 460 g/mol. The molecule has 0 saturated carbocycles. The zero-order valence-corrected chi connectivity index (χ0v) is 17.7. The third kappa shape index (κ3) is 4.35. The molecule has 1 heterocycles. The Labute approximate surface area is 183 Å². The lowest BCUT2D eigenvalue weighted by Crippen LogP contribution is -2.26. The molecular weight excluding hydrogens is 442 g/mol. The molecule has 166 valence electrons. The van der Waals surface area contributed by atoms with Crippen molar-refractivity contribution in [2.24, 2.45) is 0 Å². The van der Waals surface area contributed by atoms with Gasteiger partial charge in [-0.2, -0.15) is 0 Å². The predicted molar refractivity (Wildman–Crippen MR) is 114 cm³/mol. The number of sulfonamides is 1. The molecule has 0 spiro atoms. The Morgan fingerprint density at radius 1 is 0.906 bits per heavy atom. The highest BCUT2D eigenvalue weighted by atomic mass is 32.2. The Hall–Kier alpha value is -3.66. The molecule has 0 fully saturated rings. The van der Waals surface area contributed by atoms with E-state index in [0.717, 1.165) is 17.0 Å². The van der Waals surface area contributed by atoms with E-state index in [4.69, 9.17) is 9.47 Å². The molecule has 0 atom stereocenters. The van der Waals surface area contributed by atoms with Crippen LogP contribution < -0.4 is 19.1 Å². The van der Waals surface area contributed by atoms with Crippen LogP contribution in [0, 0.1) is 11.6 Å². The van der Waals surface area contributed by atoms with Gasteiger partial charge in [-0.3, -0.25) is 9.52 Å². The summed E-state index contributed by atoms with van der Waals surface area (Å²) in [6.45, 7) is 0.728. The summed E-state index contributed by atoms with van der Waals surface area (Å²) >= 11 is 0. The van der Waals surface area contributed by atoms with Crippen LogP contribution in [0.15, 0.2) is 65.6 Å². The topological polar surface area (TPSA) is 84.9 Å². The Kier molecular flexibility index (Phi) is 5.70. The molecule has 3 aromatic carbocycles. The van der Waals surface area contributed by atoms with Crippen LogP contribution in [0.1, 0.15) is 10.4 Å². The Morgan fingerprint density at radius 2 is 1.59 bits per heavy atom. The van der Waals surface area contributed by atoms with Crippen LogP contribution in [0.3, 0.4) is 0 Å². The van der Waals surface area contributed by atoms with Crippen LogP contribution in [-0.2, 0) is 10.0 Å². The minimum absolute atomic E-state index is 0.0000253. The summed E-state index contributed by atoms with van der Waals surface area (Å²) in [5.41, 5.74) is 0.656. The number of nitrogens with one attached hydrogen (secondary N) is 1. The van der Waals surface area contributed by atoms with Crippen molar-refractivity contribution in [2.45, 2.75) is 4.90 Å². The van der Waals surface area contributed by atoms with E-state index in [-0.39, 0.29) is 21.8 Å². The van der Waals surface area contributed by atoms with E-state index in [9.17, 15) is 22.0 Å². The van der Waals surface area contributed by atoms with Gasteiger partial charge in [0.25, 0.3) is 15.9 Å². The zero-order valence-electron chi connectivity index (χ0n) is 16.8. The summed E-state index contributed by atoms with van der Waals surface area (Å²) in [6, 6.07) is 13.2. The van der Waals surface area contributed by atoms with E-state index in [1.165, 1.54) is 55.6 Å². The fourth-order valence-corrected chi connectivity index (χ4v) is 4.16. The van der Waals surface area contributed by atoms with Gasteiger partial charge < -0.3 is 14.4 Å². The molecule has 1 amide bonds. The average Bonchev–Trinajstić information content (AvgIpc) is 2.80. The number of hydrogen-bond donors (Lipinski definition) is 1. The van der Waals surface area contributed by atoms with E-state index in [1.807, 2.05) is 0 Å². The lowest BCUT2D eigenvalue weighted by Gasteiger charge is -2.19. The van der Waals surface area contributed by atoms with Gasteiger partial charge in [-0.25, -0.2) is 17.2 Å². The number of amides is 1. The maximum absolute atomic E-state index is 13.5. The molecule has 10 heteroatoms. The molecule has 1 aliphatic heterocycles. The zero-order chi connectivity index (χ0) is 22.9. The van der Waals surface area contributed by atoms with Crippen molar-refractivity contribution in [3.05, 3.63) is 77.9 Å². The number of carbonyl (C=O) groups excluding carboxylic acids is 1. The number of rotatable bonds is 5. The fraction of sp³-hybridized carbons (Fsp3) is 0.136. The third-order valence-electron chi connectivity index (χ3n) is 4.80. The molecular formula is C22H18F2N2O5S. The molecule has 0 aliphatic carbocycles. The Morgan fingerprint density at radius 3 is 2.28 bits per heavy atom.